The van der Waals surface area contributed by atoms with Gasteiger partial charge in [0.05, 0.1) is 24.2 Å². The van der Waals surface area contributed by atoms with Gasteiger partial charge in [0.1, 0.15) is 0 Å². The zero-order chi connectivity index (χ0) is 13.3. The SMILES string of the molecule is Cc1cc(Br)ccc1-n1ncc(CO)c1C(C)C. The van der Waals surface area contributed by atoms with Crippen LogP contribution in [0.1, 0.15) is 36.6 Å². The first-order chi connectivity index (χ1) is 8.54. The molecule has 0 unspecified atom stereocenters. The van der Waals surface area contributed by atoms with Crippen LogP contribution in [0.3, 0.4) is 0 Å². The van der Waals surface area contributed by atoms with Crippen LogP contribution in [-0.4, -0.2) is 14.9 Å². The Morgan fingerprint density at radius 1 is 1.39 bits per heavy atom. The van der Waals surface area contributed by atoms with Gasteiger partial charge in [-0.2, -0.15) is 5.10 Å². The molecule has 0 aliphatic heterocycles. The van der Waals surface area contributed by atoms with Crippen molar-refractivity contribution in [2.75, 3.05) is 0 Å². The third kappa shape index (κ3) is 2.35. The molecule has 0 aliphatic carbocycles. The van der Waals surface area contributed by atoms with E-state index in [4.69, 9.17) is 0 Å². The number of halogens is 1. The maximum absolute atomic E-state index is 9.38. The average molecular weight is 309 g/mol. The molecule has 1 heterocycles. The summed E-state index contributed by atoms with van der Waals surface area (Å²) < 4.78 is 2.99. The Morgan fingerprint density at radius 3 is 2.67 bits per heavy atom. The van der Waals surface area contributed by atoms with Gasteiger partial charge in [0, 0.05) is 10.0 Å². The molecular weight excluding hydrogens is 292 g/mol. The molecule has 1 N–H and O–H groups in total. The maximum Gasteiger partial charge on any atom is 0.0715 e. The van der Waals surface area contributed by atoms with Crippen LogP contribution in [0.5, 0.6) is 0 Å². The average Bonchev–Trinajstić information content (AvgIpc) is 2.72. The van der Waals surface area contributed by atoms with E-state index in [0.29, 0.717) is 5.92 Å². The molecular formula is C14H17BrN2O. The van der Waals surface area contributed by atoms with Gasteiger partial charge in [0.25, 0.3) is 0 Å². The van der Waals surface area contributed by atoms with Crippen LogP contribution in [0.2, 0.25) is 0 Å². The molecule has 0 amide bonds. The van der Waals surface area contributed by atoms with E-state index in [2.05, 4.69) is 47.9 Å². The summed E-state index contributed by atoms with van der Waals surface area (Å²) in [5.74, 6) is 0.317. The first kappa shape index (κ1) is 13.3. The fourth-order valence-corrected chi connectivity index (χ4v) is 2.65. The molecule has 0 saturated carbocycles. The van der Waals surface area contributed by atoms with E-state index < -0.39 is 0 Å². The van der Waals surface area contributed by atoms with Crippen molar-refractivity contribution in [1.82, 2.24) is 9.78 Å². The molecule has 0 bridgehead atoms. The molecule has 2 rings (SSSR count). The first-order valence-electron chi connectivity index (χ1n) is 5.98. The number of benzene rings is 1. The van der Waals surface area contributed by atoms with Gasteiger partial charge in [0.15, 0.2) is 0 Å². The largest absolute Gasteiger partial charge is 0.392 e. The number of hydrogen-bond donors (Lipinski definition) is 1. The van der Waals surface area contributed by atoms with Crippen molar-refractivity contribution in [2.45, 2.75) is 33.3 Å². The van der Waals surface area contributed by atoms with Crippen LogP contribution in [-0.2, 0) is 6.61 Å². The number of aliphatic hydroxyl groups is 1. The molecule has 1 aromatic carbocycles. The minimum absolute atomic E-state index is 0.0308. The summed E-state index contributed by atoms with van der Waals surface area (Å²) in [4.78, 5) is 0. The van der Waals surface area contributed by atoms with Crippen molar-refractivity contribution in [3.63, 3.8) is 0 Å². The summed E-state index contributed by atoms with van der Waals surface area (Å²) in [5, 5.41) is 13.8. The van der Waals surface area contributed by atoms with Crippen LogP contribution in [0, 0.1) is 6.92 Å². The Hall–Kier alpha value is -1.13. The second-order valence-corrected chi connectivity index (χ2v) is 5.63. The van der Waals surface area contributed by atoms with E-state index in [1.807, 2.05) is 16.8 Å². The lowest BCUT2D eigenvalue weighted by atomic mass is 10.1. The van der Waals surface area contributed by atoms with E-state index in [-0.39, 0.29) is 6.61 Å². The summed E-state index contributed by atoms with van der Waals surface area (Å²) in [6, 6.07) is 6.12. The standard InChI is InChI=1S/C14H17BrN2O/c1-9(2)14-11(8-18)7-16-17(14)13-5-4-12(15)6-10(13)3/h4-7,9,18H,8H2,1-3H3. The van der Waals surface area contributed by atoms with Crippen LogP contribution in [0.15, 0.2) is 28.9 Å². The second-order valence-electron chi connectivity index (χ2n) is 4.71. The van der Waals surface area contributed by atoms with Gasteiger partial charge < -0.3 is 5.11 Å². The zero-order valence-corrected chi connectivity index (χ0v) is 12.4. The maximum atomic E-state index is 9.38. The molecule has 0 fully saturated rings. The Balaban J connectivity index is 2.60. The topological polar surface area (TPSA) is 38.0 Å². The molecule has 4 heteroatoms. The highest BCUT2D eigenvalue weighted by molar-refractivity contribution is 9.10. The van der Waals surface area contributed by atoms with Gasteiger partial charge in [-0.05, 0) is 36.6 Å². The van der Waals surface area contributed by atoms with Crippen LogP contribution < -0.4 is 0 Å². The Kier molecular flexibility index (Phi) is 3.88. The van der Waals surface area contributed by atoms with Crippen molar-refractivity contribution >= 4 is 15.9 Å². The number of aryl methyl sites for hydroxylation is 1. The Morgan fingerprint density at radius 2 is 2.11 bits per heavy atom. The summed E-state index contributed by atoms with van der Waals surface area (Å²) in [7, 11) is 0. The lowest BCUT2D eigenvalue weighted by Crippen LogP contribution is -2.07. The van der Waals surface area contributed by atoms with Crippen molar-refractivity contribution in [3.05, 3.63) is 45.7 Å². The number of rotatable bonds is 3. The van der Waals surface area contributed by atoms with E-state index in [1.54, 1.807) is 6.20 Å². The quantitative estimate of drug-likeness (QED) is 0.941. The zero-order valence-electron chi connectivity index (χ0n) is 10.8. The fraction of sp³-hybridized carbons (Fsp3) is 0.357. The molecule has 3 nitrogen and oxygen atoms in total. The van der Waals surface area contributed by atoms with Gasteiger partial charge in [0.2, 0.25) is 0 Å². The molecule has 0 saturated heterocycles. The molecule has 0 aliphatic rings. The van der Waals surface area contributed by atoms with Crippen molar-refractivity contribution in [2.24, 2.45) is 0 Å². The number of aromatic nitrogens is 2. The number of nitrogens with zero attached hydrogens (tertiary/aromatic N) is 2. The smallest absolute Gasteiger partial charge is 0.0715 e. The molecule has 0 radical (unpaired) electrons. The molecule has 18 heavy (non-hydrogen) atoms. The third-order valence-corrected chi connectivity index (χ3v) is 3.48. The van der Waals surface area contributed by atoms with E-state index in [0.717, 1.165) is 27.0 Å². The number of hydrogen-bond acceptors (Lipinski definition) is 2. The lowest BCUT2D eigenvalue weighted by Gasteiger charge is -2.14. The Labute approximate surface area is 116 Å². The Bertz CT molecular complexity index is 561. The highest BCUT2D eigenvalue weighted by Crippen LogP contribution is 2.26. The van der Waals surface area contributed by atoms with E-state index in [9.17, 15) is 5.11 Å². The predicted molar refractivity (Wildman–Crippen MR) is 76.0 cm³/mol. The van der Waals surface area contributed by atoms with Crippen molar-refractivity contribution < 1.29 is 5.11 Å². The summed E-state index contributed by atoms with van der Waals surface area (Å²) in [6.07, 6.45) is 1.75. The summed E-state index contributed by atoms with van der Waals surface area (Å²) >= 11 is 3.47. The molecule has 0 atom stereocenters. The normalized spacial score (nSPS) is 11.2. The molecule has 2 aromatic rings. The minimum atomic E-state index is 0.0308. The van der Waals surface area contributed by atoms with E-state index >= 15 is 0 Å². The van der Waals surface area contributed by atoms with Gasteiger partial charge in [-0.1, -0.05) is 29.8 Å². The molecule has 96 valence electrons. The molecule has 1 aromatic heterocycles. The van der Waals surface area contributed by atoms with Crippen molar-refractivity contribution in [1.29, 1.82) is 0 Å². The fourth-order valence-electron chi connectivity index (χ4n) is 2.18. The van der Waals surface area contributed by atoms with Crippen LogP contribution >= 0.6 is 15.9 Å². The minimum Gasteiger partial charge on any atom is -0.392 e. The van der Waals surface area contributed by atoms with E-state index in [1.165, 1.54) is 0 Å². The monoisotopic (exact) mass is 308 g/mol. The third-order valence-electron chi connectivity index (χ3n) is 2.99. The number of aliphatic hydroxyl groups excluding tert-OH is 1. The van der Waals surface area contributed by atoms with Gasteiger partial charge in [-0.25, -0.2) is 4.68 Å². The van der Waals surface area contributed by atoms with Crippen LogP contribution in [0.25, 0.3) is 5.69 Å². The van der Waals surface area contributed by atoms with Crippen molar-refractivity contribution in [3.8, 4) is 5.69 Å². The summed E-state index contributed by atoms with van der Waals surface area (Å²) in [6.45, 7) is 6.31. The highest BCUT2D eigenvalue weighted by atomic mass is 79.9. The predicted octanol–water partition coefficient (Wildman–Crippen LogP) is 3.56. The highest BCUT2D eigenvalue weighted by Gasteiger charge is 2.15. The first-order valence-corrected chi connectivity index (χ1v) is 6.78. The van der Waals surface area contributed by atoms with Gasteiger partial charge in [-0.3, -0.25) is 0 Å². The van der Waals surface area contributed by atoms with Gasteiger partial charge in [-0.15, -0.1) is 0 Å². The second kappa shape index (κ2) is 5.24. The lowest BCUT2D eigenvalue weighted by molar-refractivity contribution is 0.280. The summed E-state index contributed by atoms with van der Waals surface area (Å²) in [5.41, 5.74) is 4.18. The molecule has 0 spiro atoms. The van der Waals surface area contributed by atoms with Crippen LogP contribution in [0.4, 0.5) is 0 Å². The van der Waals surface area contributed by atoms with Gasteiger partial charge >= 0.3 is 0 Å².